The van der Waals surface area contributed by atoms with E-state index in [2.05, 4.69) is 35.5 Å². The first-order chi connectivity index (χ1) is 12.9. The molecule has 2 aromatic rings. The number of carbonyl (C=O) groups excluding carboxylic acids is 2. The normalized spacial score (nSPS) is 13.7. The number of carbonyl (C=O) groups is 2. The molecule has 5 heteroatoms. The van der Waals surface area contributed by atoms with Gasteiger partial charge in [-0.25, -0.2) is 4.79 Å². The second-order valence-corrected chi connectivity index (χ2v) is 6.76. The van der Waals surface area contributed by atoms with Gasteiger partial charge < -0.3 is 9.57 Å². The number of rotatable bonds is 3. The van der Waals surface area contributed by atoms with Gasteiger partial charge in [0.2, 0.25) is 0 Å². The van der Waals surface area contributed by atoms with Gasteiger partial charge in [0.15, 0.2) is 0 Å². The third kappa shape index (κ3) is 4.61. The van der Waals surface area contributed by atoms with Crippen molar-refractivity contribution >= 4 is 17.7 Å². The van der Waals surface area contributed by atoms with E-state index in [1.165, 1.54) is 25.0 Å². The fraction of sp³-hybridized carbons (Fsp3) is 0.318. The van der Waals surface area contributed by atoms with Crippen LogP contribution in [0.2, 0.25) is 0 Å². The molecule has 0 amide bonds. The van der Waals surface area contributed by atoms with E-state index < -0.39 is 5.97 Å². The van der Waals surface area contributed by atoms with Crippen molar-refractivity contribution in [3.8, 4) is 5.75 Å². The van der Waals surface area contributed by atoms with Gasteiger partial charge in [-0.05, 0) is 54.9 Å². The maximum atomic E-state index is 11.8. The second kappa shape index (κ2) is 8.16. The lowest BCUT2D eigenvalue weighted by Gasteiger charge is -2.19. The molecule has 0 atom stereocenters. The number of hydrogen-bond donors (Lipinski definition) is 0. The van der Waals surface area contributed by atoms with Gasteiger partial charge in [-0.2, -0.15) is 0 Å². The molecule has 6 rings (SSSR count). The van der Waals surface area contributed by atoms with Crippen LogP contribution in [0.5, 0.6) is 5.75 Å². The van der Waals surface area contributed by atoms with Crippen molar-refractivity contribution < 1.29 is 19.2 Å². The highest BCUT2D eigenvalue weighted by Crippen LogP contribution is 2.31. The van der Waals surface area contributed by atoms with E-state index in [9.17, 15) is 9.59 Å². The zero-order chi connectivity index (χ0) is 19.4. The lowest BCUT2D eigenvalue weighted by Crippen LogP contribution is -2.14. The van der Waals surface area contributed by atoms with Crippen LogP contribution in [0, 0.1) is 0 Å². The van der Waals surface area contributed by atoms with Crippen LogP contribution in [0.1, 0.15) is 48.6 Å². The number of hydrogen-bond acceptors (Lipinski definition) is 5. The SMILES string of the molecule is CC(=O)O/N=C(\C)c1c2ccc(c1OC(C)=O)CCc1ccc(cc1)CC2. The van der Waals surface area contributed by atoms with Gasteiger partial charge in [0.25, 0.3) is 0 Å². The molecule has 0 saturated carbocycles. The molecule has 27 heavy (non-hydrogen) atoms. The van der Waals surface area contributed by atoms with Crippen LogP contribution in [-0.4, -0.2) is 17.7 Å². The Morgan fingerprint density at radius 2 is 1.33 bits per heavy atom. The Kier molecular flexibility index (Phi) is 5.69. The van der Waals surface area contributed by atoms with E-state index in [1.807, 2.05) is 6.07 Å². The summed E-state index contributed by atoms with van der Waals surface area (Å²) in [4.78, 5) is 27.8. The van der Waals surface area contributed by atoms with Gasteiger partial charge in [-0.1, -0.05) is 41.6 Å². The van der Waals surface area contributed by atoms with Crippen molar-refractivity contribution in [3.05, 3.63) is 64.2 Å². The van der Waals surface area contributed by atoms with Gasteiger partial charge in [-0.3, -0.25) is 4.79 Å². The van der Waals surface area contributed by atoms with Gasteiger partial charge >= 0.3 is 11.9 Å². The standard InChI is InChI=1S/C22H23NO4/c1-14(23-27-16(3)25)21-19-10-8-17-4-6-18(7-5-17)9-11-20(13-12-19)22(21)26-15(2)24/h4-7,12-13H,8-11H2,1-3H3/b23-14+. The highest BCUT2D eigenvalue weighted by molar-refractivity contribution is 6.03. The Balaban J connectivity index is 2.13. The van der Waals surface area contributed by atoms with Crippen molar-refractivity contribution in [1.82, 2.24) is 0 Å². The highest BCUT2D eigenvalue weighted by atomic mass is 16.7. The van der Waals surface area contributed by atoms with Gasteiger partial charge in [0.05, 0.1) is 5.71 Å². The lowest BCUT2D eigenvalue weighted by molar-refractivity contribution is -0.141. The van der Waals surface area contributed by atoms with Crippen molar-refractivity contribution in [1.29, 1.82) is 0 Å². The first-order valence-electron chi connectivity index (χ1n) is 9.07. The molecule has 0 heterocycles. The quantitative estimate of drug-likeness (QED) is 0.273. The largest absolute Gasteiger partial charge is 0.426 e. The molecule has 0 fully saturated rings. The van der Waals surface area contributed by atoms with Crippen molar-refractivity contribution in [2.45, 2.75) is 46.5 Å². The third-order valence-corrected chi connectivity index (χ3v) is 4.63. The van der Waals surface area contributed by atoms with Crippen LogP contribution in [0.4, 0.5) is 0 Å². The summed E-state index contributed by atoms with van der Waals surface area (Å²) in [5.74, 6) is -0.358. The zero-order valence-electron chi connectivity index (χ0n) is 15.9. The zero-order valence-corrected chi connectivity index (χ0v) is 15.9. The molecular weight excluding hydrogens is 342 g/mol. The summed E-state index contributed by atoms with van der Waals surface area (Å²) in [7, 11) is 0. The van der Waals surface area contributed by atoms with Gasteiger partial charge in [0, 0.05) is 19.4 Å². The predicted molar refractivity (Wildman–Crippen MR) is 103 cm³/mol. The topological polar surface area (TPSA) is 65.0 Å². The van der Waals surface area contributed by atoms with Gasteiger partial charge in [0.1, 0.15) is 5.75 Å². The Labute approximate surface area is 159 Å². The summed E-state index contributed by atoms with van der Waals surface area (Å²) < 4.78 is 5.61. The van der Waals surface area contributed by atoms with E-state index in [0.717, 1.165) is 42.4 Å². The minimum atomic E-state index is -0.491. The van der Waals surface area contributed by atoms with Crippen molar-refractivity contribution in [3.63, 3.8) is 0 Å². The average Bonchev–Trinajstić information content (AvgIpc) is 2.62. The second-order valence-electron chi connectivity index (χ2n) is 6.76. The molecule has 0 aromatic heterocycles. The van der Waals surface area contributed by atoms with E-state index in [4.69, 9.17) is 9.57 Å². The molecule has 0 radical (unpaired) electrons. The number of esters is 1. The summed E-state index contributed by atoms with van der Waals surface area (Å²) in [6.45, 7) is 4.45. The van der Waals surface area contributed by atoms with Gasteiger partial charge in [-0.15, -0.1) is 0 Å². The average molecular weight is 365 g/mol. The van der Waals surface area contributed by atoms with Crippen LogP contribution in [0.3, 0.4) is 0 Å². The Morgan fingerprint density at radius 3 is 1.89 bits per heavy atom. The minimum absolute atomic E-state index is 0.384. The summed E-state index contributed by atoms with van der Waals surface area (Å²) in [5.41, 5.74) is 5.68. The van der Waals surface area contributed by atoms with Crippen LogP contribution < -0.4 is 4.74 Å². The fourth-order valence-corrected chi connectivity index (χ4v) is 3.34. The summed E-state index contributed by atoms with van der Waals surface area (Å²) in [5, 5.41) is 3.95. The van der Waals surface area contributed by atoms with Crippen molar-refractivity contribution in [2.75, 3.05) is 0 Å². The van der Waals surface area contributed by atoms with Crippen LogP contribution in [-0.2, 0) is 40.1 Å². The third-order valence-electron chi connectivity index (χ3n) is 4.63. The monoisotopic (exact) mass is 365 g/mol. The van der Waals surface area contributed by atoms with E-state index in [1.54, 1.807) is 6.92 Å². The smallest absolute Gasteiger partial charge is 0.331 e. The van der Waals surface area contributed by atoms with Crippen LogP contribution >= 0.6 is 0 Å². The number of oxime groups is 1. The maximum absolute atomic E-state index is 11.8. The minimum Gasteiger partial charge on any atom is -0.426 e. The van der Waals surface area contributed by atoms with E-state index >= 15 is 0 Å². The van der Waals surface area contributed by atoms with Crippen molar-refractivity contribution in [2.24, 2.45) is 5.16 Å². The molecule has 140 valence electrons. The number of nitrogens with zero attached hydrogens (tertiary/aromatic N) is 1. The molecular formula is C22H23NO4. The molecule has 5 nitrogen and oxygen atoms in total. The Morgan fingerprint density at radius 1 is 0.778 bits per heavy atom. The molecule has 4 aliphatic rings. The number of benzene rings is 2. The molecule has 0 unspecified atom stereocenters. The maximum Gasteiger partial charge on any atom is 0.331 e. The number of ether oxygens (including phenoxy) is 1. The highest BCUT2D eigenvalue weighted by Gasteiger charge is 2.20. The first-order valence-corrected chi connectivity index (χ1v) is 9.07. The van der Waals surface area contributed by atoms with Crippen LogP contribution in [0.15, 0.2) is 41.6 Å². The molecule has 0 spiro atoms. The molecule has 2 aromatic carbocycles. The van der Waals surface area contributed by atoms with E-state index in [-0.39, 0.29) is 5.97 Å². The molecule has 0 saturated heterocycles. The lowest BCUT2D eigenvalue weighted by atomic mass is 9.90. The summed E-state index contributed by atoms with van der Waals surface area (Å²) >= 11 is 0. The Hall–Kier alpha value is -2.95. The molecule has 4 bridgehead atoms. The molecule has 0 aliphatic heterocycles. The van der Waals surface area contributed by atoms with Crippen LogP contribution in [0.25, 0.3) is 0 Å². The summed E-state index contributed by atoms with van der Waals surface area (Å²) in [6, 6.07) is 12.7. The molecule has 4 aliphatic carbocycles. The van der Waals surface area contributed by atoms with E-state index in [0.29, 0.717) is 11.5 Å². The Bertz CT molecular complexity index is 897. The predicted octanol–water partition coefficient (Wildman–Crippen LogP) is 3.78. The summed E-state index contributed by atoms with van der Waals surface area (Å²) in [6.07, 6.45) is 3.19. The molecule has 0 N–H and O–H groups in total. The number of aryl methyl sites for hydroxylation is 4. The fourth-order valence-electron chi connectivity index (χ4n) is 3.34. The first kappa shape index (κ1) is 18.8.